The summed E-state index contributed by atoms with van der Waals surface area (Å²) in [7, 11) is 0. The maximum absolute atomic E-state index is 10.8. The molecule has 1 fully saturated rings. The van der Waals surface area contributed by atoms with Crippen LogP contribution in [0.15, 0.2) is 0 Å². The van der Waals surface area contributed by atoms with Gasteiger partial charge in [-0.3, -0.25) is 9.48 Å². The zero-order chi connectivity index (χ0) is 14.8. The van der Waals surface area contributed by atoms with E-state index in [-0.39, 0.29) is 5.41 Å². The zero-order valence-corrected chi connectivity index (χ0v) is 13.6. The summed E-state index contributed by atoms with van der Waals surface area (Å²) >= 11 is 8.14. The smallest absolute Gasteiger partial charge is 0.303 e. The molecule has 112 valence electrons. The molecule has 1 aromatic rings. The molecule has 1 aliphatic rings. The van der Waals surface area contributed by atoms with E-state index in [0.29, 0.717) is 6.42 Å². The monoisotopic (exact) mass is 316 g/mol. The van der Waals surface area contributed by atoms with Crippen LogP contribution in [0.4, 0.5) is 0 Å². The molecule has 1 aliphatic carbocycles. The van der Waals surface area contributed by atoms with E-state index in [1.807, 2.05) is 4.68 Å². The highest BCUT2D eigenvalue weighted by molar-refractivity contribution is 7.98. The van der Waals surface area contributed by atoms with Gasteiger partial charge in [0, 0.05) is 12.3 Å². The minimum Gasteiger partial charge on any atom is -0.481 e. The van der Waals surface area contributed by atoms with Crippen LogP contribution in [0.1, 0.15) is 44.5 Å². The first-order valence-electron chi connectivity index (χ1n) is 7.05. The Morgan fingerprint density at radius 3 is 2.70 bits per heavy atom. The van der Waals surface area contributed by atoms with Crippen molar-refractivity contribution in [3.63, 3.8) is 0 Å². The van der Waals surface area contributed by atoms with Crippen molar-refractivity contribution in [2.24, 2.45) is 5.41 Å². The molecule has 1 heterocycles. The number of halogens is 1. The number of carboxylic acid groups (broad SMARTS) is 1. The minimum atomic E-state index is -0.687. The van der Waals surface area contributed by atoms with Crippen LogP contribution in [-0.2, 0) is 23.5 Å². The third-order valence-corrected chi connectivity index (χ3v) is 5.55. The van der Waals surface area contributed by atoms with E-state index in [1.54, 1.807) is 11.8 Å². The number of aryl methyl sites for hydroxylation is 2. The van der Waals surface area contributed by atoms with Crippen LogP contribution in [0.2, 0.25) is 5.02 Å². The predicted molar refractivity (Wildman–Crippen MR) is 82.4 cm³/mol. The molecule has 20 heavy (non-hydrogen) atoms. The molecule has 0 spiro atoms. The Morgan fingerprint density at radius 2 is 2.20 bits per heavy atom. The Labute approximate surface area is 128 Å². The third-order valence-electron chi connectivity index (χ3n) is 3.82. The van der Waals surface area contributed by atoms with Crippen LogP contribution in [0, 0.1) is 5.41 Å². The van der Waals surface area contributed by atoms with E-state index in [1.165, 1.54) is 0 Å². The highest BCUT2D eigenvalue weighted by atomic mass is 35.5. The summed E-state index contributed by atoms with van der Waals surface area (Å²) in [5, 5.41) is 14.2. The summed E-state index contributed by atoms with van der Waals surface area (Å²) in [6.45, 7) is 4.93. The van der Waals surface area contributed by atoms with E-state index in [2.05, 4.69) is 18.9 Å². The van der Waals surface area contributed by atoms with Crippen molar-refractivity contribution >= 4 is 29.3 Å². The van der Waals surface area contributed by atoms with Gasteiger partial charge in [0.2, 0.25) is 0 Å². The molecule has 0 radical (unpaired) electrons. The van der Waals surface area contributed by atoms with Crippen LogP contribution in [0.3, 0.4) is 0 Å². The fourth-order valence-electron chi connectivity index (χ4n) is 2.39. The number of hydrogen-bond acceptors (Lipinski definition) is 3. The number of aromatic nitrogens is 2. The van der Waals surface area contributed by atoms with Crippen molar-refractivity contribution in [3.8, 4) is 0 Å². The largest absolute Gasteiger partial charge is 0.481 e. The lowest BCUT2D eigenvalue weighted by molar-refractivity contribution is -0.138. The van der Waals surface area contributed by atoms with Gasteiger partial charge < -0.3 is 5.11 Å². The van der Waals surface area contributed by atoms with Gasteiger partial charge in [0.15, 0.2) is 0 Å². The summed E-state index contributed by atoms with van der Waals surface area (Å²) in [5.74, 6) is 1.01. The molecule has 1 aromatic heterocycles. The number of carboxylic acids is 1. The predicted octanol–water partition coefficient (Wildman–Crippen LogP) is 3.61. The molecule has 0 aromatic carbocycles. The average molecular weight is 317 g/mol. The maximum atomic E-state index is 10.8. The van der Waals surface area contributed by atoms with E-state index >= 15 is 0 Å². The van der Waals surface area contributed by atoms with Crippen LogP contribution < -0.4 is 0 Å². The number of carbonyl (C=O) groups is 1. The molecule has 0 saturated heterocycles. The quantitative estimate of drug-likeness (QED) is 0.796. The summed E-state index contributed by atoms with van der Waals surface area (Å²) in [6, 6.07) is 0. The van der Waals surface area contributed by atoms with E-state index in [4.69, 9.17) is 16.7 Å². The highest BCUT2D eigenvalue weighted by Crippen LogP contribution is 2.51. The van der Waals surface area contributed by atoms with E-state index in [9.17, 15) is 4.79 Å². The SMILES string of the molecule is CCc1nn(CC)c(CSCC2(CC(=O)O)CC2)c1Cl. The van der Waals surface area contributed by atoms with Crippen LogP contribution in [0.25, 0.3) is 0 Å². The maximum Gasteiger partial charge on any atom is 0.303 e. The number of nitrogens with zero attached hydrogens (tertiary/aromatic N) is 2. The third kappa shape index (κ3) is 3.50. The van der Waals surface area contributed by atoms with Crippen LogP contribution >= 0.6 is 23.4 Å². The molecular formula is C14H21ClN2O2S. The average Bonchev–Trinajstić information content (AvgIpc) is 3.08. The Kier molecular flexibility index (Phi) is 5.02. The van der Waals surface area contributed by atoms with Gasteiger partial charge in [0.1, 0.15) is 0 Å². The van der Waals surface area contributed by atoms with Crippen molar-refractivity contribution < 1.29 is 9.90 Å². The number of aliphatic carboxylic acids is 1. The van der Waals surface area contributed by atoms with Gasteiger partial charge in [-0.1, -0.05) is 18.5 Å². The fraction of sp³-hybridized carbons (Fsp3) is 0.714. The van der Waals surface area contributed by atoms with Gasteiger partial charge in [-0.05, 0) is 37.4 Å². The van der Waals surface area contributed by atoms with Crippen molar-refractivity contribution in [3.05, 3.63) is 16.4 Å². The van der Waals surface area contributed by atoms with Gasteiger partial charge in [-0.2, -0.15) is 16.9 Å². The molecule has 0 bridgehead atoms. The van der Waals surface area contributed by atoms with Gasteiger partial charge >= 0.3 is 5.97 Å². The summed E-state index contributed by atoms with van der Waals surface area (Å²) < 4.78 is 1.96. The fourth-order valence-corrected chi connectivity index (χ4v) is 4.22. The molecule has 0 unspecified atom stereocenters. The molecule has 0 amide bonds. The lowest BCUT2D eigenvalue weighted by Crippen LogP contribution is -2.11. The summed E-state index contributed by atoms with van der Waals surface area (Å²) in [5.41, 5.74) is 2.06. The first-order valence-corrected chi connectivity index (χ1v) is 8.58. The van der Waals surface area contributed by atoms with E-state index < -0.39 is 5.97 Å². The van der Waals surface area contributed by atoms with Crippen LogP contribution in [0.5, 0.6) is 0 Å². The molecule has 2 rings (SSSR count). The molecule has 6 heteroatoms. The Balaban J connectivity index is 1.94. The first kappa shape index (κ1) is 15.7. The van der Waals surface area contributed by atoms with Crippen molar-refractivity contribution in [1.82, 2.24) is 9.78 Å². The van der Waals surface area contributed by atoms with Gasteiger partial charge in [-0.15, -0.1) is 0 Å². The molecule has 1 saturated carbocycles. The summed E-state index contributed by atoms with van der Waals surface area (Å²) in [6.07, 6.45) is 3.20. The second-order valence-corrected chi connectivity index (χ2v) is 6.80. The molecular weight excluding hydrogens is 296 g/mol. The molecule has 0 aliphatic heterocycles. The Hall–Kier alpha value is -0.680. The number of hydrogen-bond donors (Lipinski definition) is 1. The van der Waals surface area contributed by atoms with Crippen molar-refractivity contribution in [1.29, 1.82) is 0 Å². The minimum absolute atomic E-state index is 0.0353. The van der Waals surface area contributed by atoms with Crippen molar-refractivity contribution in [2.45, 2.75) is 51.8 Å². The molecule has 4 nitrogen and oxygen atoms in total. The highest BCUT2D eigenvalue weighted by Gasteiger charge is 2.44. The Bertz CT molecular complexity index is 498. The second-order valence-electron chi connectivity index (χ2n) is 5.44. The lowest BCUT2D eigenvalue weighted by atomic mass is 10.1. The van der Waals surface area contributed by atoms with Crippen LogP contribution in [-0.4, -0.2) is 26.6 Å². The standard InChI is InChI=1S/C14H21ClN2O2S/c1-3-10-13(15)11(17(4-2)16-10)8-20-9-14(5-6-14)7-12(18)19/h3-9H2,1-2H3,(H,18,19). The normalized spacial score (nSPS) is 16.4. The number of rotatable bonds is 8. The van der Waals surface area contributed by atoms with Gasteiger partial charge in [0.25, 0.3) is 0 Å². The van der Waals surface area contributed by atoms with Gasteiger partial charge in [0.05, 0.1) is 22.8 Å². The second kappa shape index (κ2) is 6.39. The van der Waals surface area contributed by atoms with E-state index in [0.717, 1.165) is 53.7 Å². The zero-order valence-electron chi connectivity index (χ0n) is 12.0. The lowest BCUT2D eigenvalue weighted by Gasteiger charge is -2.12. The number of thioether (sulfide) groups is 1. The molecule has 1 N–H and O–H groups in total. The summed E-state index contributed by atoms with van der Waals surface area (Å²) in [4.78, 5) is 10.8. The van der Waals surface area contributed by atoms with Gasteiger partial charge in [-0.25, -0.2) is 0 Å². The Morgan fingerprint density at radius 1 is 1.50 bits per heavy atom. The molecule has 0 atom stereocenters. The van der Waals surface area contributed by atoms with Crippen molar-refractivity contribution in [2.75, 3.05) is 5.75 Å². The first-order chi connectivity index (χ1) is 9.51. The topological polar surface area (TPSA) is 55.1 Å².